The largest absolute Gasteiger partial charge is 1.00 e. The third kappa shape index (κ3) is 11.0. The second kappa shape index (κ2) is 13.1. The van der Waals surface area contributed by atoms with Crippen molar-refractivity contribution < 1.29 is 62.1 Å². The average molecular weight is 451 g/mol. The molecule has 0 aliphatic heterocycles. The van der Waals surface area contributed by atoms with Crippen molar-refractivity contribution in [2.24, 2.45) is 0 Å². The number of aromatic nitrogens is 3. The van der Waals surface area contributed by atoms with Gasteiger partial charge in [-0.3, -0.25) is 4.98 Å². The van der Waals surface area contributed by atoms with Crippen molar-refractivity contribution in [2.45, 2.75) is 45.9 Å². The third-order valence-corrected chi connectivity index (χ3v) is 3.22. The van der Waals surface area contributed by atoms with Gasteiger partial charge in [0.25, 0.3) is 0 Å². The minimum absolute atomic E-state index is 0. The van der Waals surface area contributed by atoms with Crippen LogP contribution in [0.2, 0.25) is 0 Å². The molecule has 0 saturated carbocycles. The third-order valence-electron chi connectivity index (χ3n) is 3.22. The smallest absolute Gasteiger partial charge is 0.850 e. The van der Waals surface area contributed by atoms with E-state index in [2.05, 4.69) is 15.0 Å². The topological polar surface area (TPSA) is 97.3 Å². The average Bonchev–Trinajstić information content (AvgIpc) is 2.64. The van der Waals surface area contributed by atoms with Crippen molar-refractivity contribution in [3.8, 4) is 11.4 Å². The number of hydrogen-bond donors (Lipinski definition) is 0. The fraction of sp³-hybridized carbons (Fsp3) is 0.500. The van der Waals surface area contributed by atoms with Crippen LogP contribution in [0.15, 0.2) is 24.5 Å². The Morgan fingerprint density at radius 1 is 1.13 bits per heavy atom. The normalized spacial score (nSPS) is 11.1. The number of halogens is 3. The SMILES string of the molecule is CC(C)(C)[O-].CCOC(=O)c1cnc(-c2ccc(C(F)(F)F)nc2)nc1CCOC.[Na+]. The summed E-state index contributed by atoms with van der Waals surface area (Å²) in [5, 5.41) is 10.1. The molecule has 166 valence electrons. The Kier molecular flexibility index (Phi) is 12.4. The van der Waals surface area contributed by atoms with Gasteiger partial charge in [-0.05, 0) is 19.1 Å². The molecule has 0 amide bonds. The van der Waals surface area contributed by atoms with Crippen molar-refractivity contribution in [1.82, 2.24) is 15.0 Å². The zero-order valence-electron chi connectivity index (χ0n) is 18.5. The van der Waals surface area contributed by atoms with Crippen LogP contribution in [-0.4, -0.2) is 46.8 Å². The summed E-state index contributed by atoms with van der Waals surface area (Å²) in [5.74, 6) is -0.397. The van der Waals surface area contributed by atoms with Crippen LogP contribution in [0.25, 0.3) is 11.4 Å². The molecule has 0 unspecified atom stereocenters. The van der Waals surface area contributed by atoms with Crippen LogP contribution in [0.4, 0.5) is 13.2 Å². The van der Waals surface area contributed by atoms with E-state index >= 15 is 0 Å². The second-order valence-electron chi connectivity index (χ2n) is 7.06. The van der Waals surface area contributed by atoms with Crippen LogP contribution in [-0.2, 0) is 22.1 Å². The Morgan fingerprint density at radius 2 is 1.74 bits per heavy atom. The van der Waals surface area contributed by atoms with Crippen molar-refractivity contribution in [1.29, 1.82) is 0 Å². The fourth-order valence-corrected chi connectivity index (χ4v) is 2.02. The molecule has 2 aromatic rings. The molecule has 0 aromatic carbocycles. The van der Waals surface area contributed by atoms with Gasteiger partial charge >= 0.3 is 41.7 Å². The quantitative estimate of drug-likeness (QED) is 0.453. The van der Waals surface area contributed by atoms with Gasteiger partial charge in [-0.15, -0.1) is 5.60 Å². The number of rotatable bonds is 6. The number of esters is 1. The summed E-state index contributed by atoms with van der Waals surface area (Å²) in [6, 6.07) is 2.09. The van der Waals surface area contributed by atoms with E-state index in [0.29, 0.717) is 24.3 Å². The van der Waals surface area contributed by atoms with E-state index < -0.39 is 23.4 Å². The minimum atomic E-state index is -4.52. The van der Waals surface area contributed by atoms with Gasteiger partial charge < -0.3 is 14.6 Å². The molecule has 0 spiro atoms. The first-order valence-electron chi connectivity index (χ1n) is 9.12. The molecule has 0 atom stereocenters. The Bertz CT molecular complexity index is 820. The molecule has 0 aliphatic carbocycles. The van der Waals surface area contributed by atoms with Crippen LogP contribution in [0.5, 0.6) is 0 Å². The van der Waals surface area contributed by atoms with Gasteiger partial charge in [-0.2, -0.15) is 13.2 Å². The Hall–Kier alpha value is -1.59. The maximum absolute atomic E-state index is 12.6. The van der Waals surface area contributed by atoms with E-state index in [1.807, 2.05) is 0 Å². The van der Waals surface area contributed by atoms with Gasteiger partial charge in [0.05, 0.1) is 24.5 Å². The van der Waals surface area contributed by atoms with E-state index in [1.54, 1.807) is 27.7 Å². The van der Waals surface area contributed by atoms with Gasteiger partial charge in [0.15, 0.2) is 5.82 Å². The van der Waals surface area contributed by atoms with Crippen LogP contribution in [0.1, 0.15) is 49.4 Å². The summed E-state index contributed by atoms with van der Waals surface area (Å²) >= 11 is 0. The number of nitrogens with zero attached hydrogens (tertiary/aromatic N) is 3. The first-order chi connectivity index (χ1) is 13.9. The molecule has 2 rings (SSSR count). The first kappa shape index (κ1) is 29.4. The number of methoxy groups -OCH3 is 1. The molecule has 0 fully saturated rings. The Morgan fingerprint density at radius 3 is 2.19 bits per heavy atom. The molecular weight excluding hydrogens is 426 g/mol. The number of ether oxygens (including phenoxy) is 2. The Balaban J connectivity index is 0.00000135. The predicted octanol–water partition coefficient (Wildman–Crippen LogP) is 0.0722. The number of hydrogen-bond acceptors (Lipinski definition) is 7. The number of carbonyl (C=O) groups is 1. The first-order valence-corrected chi connectivity index (χ1v) is 9.12. The van der Waals surface area contributed by atoms with E-state index in [1.165, 1.54) is 19.4 Å². The Labute approximate surface area is 201 Å². The van der Waals surface area contributed by atoms with Crippen molar-refractivity contribution in [3.63, 3.8) is 0 Å². The number of carbonyl (C=O) groups excluding carboxylic acids is 1. The molecule has 0 aliphatic rings. The number of alkyl halides is 3. The molecule has 0 radical (unpaired) electrons. The maximum atomic E-state index is 12.6. The summed E-state index contributed by atoms with van der Waals surface area (Å²) in [6.07, 6.45) is -1.85. The maximum Gasteiger partial charge on any atom is 1.00 e. The van der Waals surface area contributed by atoms with Crippen LogP contribution < -0.4 is 34.7 Å². The predicted molar refractivity (Wildman–Crippen MR) is 102 cm³/mol. The molecule has 7 nitrogen and oxygen atoms in total. The molecular formula is C20H25F3N3NaO4. The fourth-order valence-electron chi connectivity index (χ4n) is 2.02. The summed E-state index contributed by atoms with van der Waals surface area (Å²) in [4.78, 5) is 23.6. The monoisotopic (exact) mass is 451 g/mol. The van der Waals surface area contributed by atoms with Gasteiger partial charge in [-0.25, -0.2) is 14.8 Å². The van der Waals surface area contributed by atoms with Crippen LogP contribution in [0, 0.1) is 0 Å². The van der Waals surface area contributed by atoms with E-state index in [-0.39, 0.29) is 47.6 Å². The standard InChI is InChI=1S/C16H16F3N3O3.C4H9O.Na/c1-3-25-15(23)11-9-21-14(22-12(11)6-7-24-2)10-4-5-13(20-8-10)16(17,18)19;1-4(2,3)5;/h4-5,8-9H,3,6-7H2,1-2H3;1-3H3;/q;-1;+1. The summed E-state index contributed by atoms with van der Waals surface area (Å²) in [6.45, 7) is 7.09. The zero-order valence-corrected chi connectivity index (χ0v) is 20.5. The van der Waals surface area contributed by atoms with Gasteiger partial charge in [0.1, 0.15) is 5.69 Å². The van der Waals surface area contributed by atoms with E-state index in [4.69, 9.17) is 9.47 Å². The van der Waals surface area contributed by atoms with Gasteiger partial charge in [-0.1, -0.05) is 20.8 Å². The van der Waals surface area contributed by atoms with Gasteiger partial charge in [0.2, 0.25) is 0 Å². The molecule has 0 bridgehead atoms. The summed E-state index contributed by atoms with van der Waals surface area (Å²) in [5.41, 5.74) is -0.853. The van der Waals surface area contributed by atoms with E-state index in [0.717, 1.165) is 12.3 Å². The molecule has 0 saturated heterocycles. The summed E-state index contributed by atoms with van der Waals surface area (Å²) < 4.78 is 47.7. The van der Waals surface area contributed by atoms with Gasteiger partial charge in [0, 0.05) is 31.5 Å². The second-order valence-corrected chi connectivity index (χ2v) is 7.06. The van der Waals surface area contributed by atoms with E-state index in [9.17, 15) is 23.1 Å². The minimum Gasteiger partial charge on any atom is -0.850 e. The van der Waals surface area contributed by atoms with Crippen molar-refractivity contribution >= 4 is 5.97 Å². The molecule has 2 aromatic heterocycles. The summed E-state index contributed by atoms with van der Waals surface area (Å²) in [7, 11) is 1.51. The molecule has 0 N–H and O–H groups in total. The van der Waals surface area contributed by atoms with Crippen LogP contribution >= 0.6 is 0 Å². The molecule has 2 heterocycles. The molecule has 31 heavy (non-hydrogen) atoms. The van der Waals surface area contributed by atoms with Crippen LogP contribution in [0.3, 0.4) is 0 Å². The molecule has 11 heteroatoms. The van der Waals surface area contributed by atoms with Crippen molar-refractivity contribution in [2.75, 3.05) is 20.3 Å². The zero-order chi connectivity index (χ0) is 22.9. The van der Waals surface area contributed by atoms with Crippen molar-refractivity contribution in [3.05, 3.63) is 41.5 Å². The number of pyridine rings is 1.